The summed E-state index contributed by atoms with van der Waals surface area (Å²) in [5, 5.41) is 0. The van der Waals surface area contributed by atoms with Crippen LogP contribution in [0.2, 0.25) is 0 Å². The normalized spacial score (nSPS) is 25.3. The largest absolute Gasteiger partial charge is 0.378 e. The zero-order valence-electron chi connectivity index (χ0n) is 11.6. The Morgan fingerprint density at radius 1 is 1.44 bits per heavy atom. The monoisotopic (exact) mass is 248 g/mol. The van der Waals surface area contributed by atoms with Gasteiger partial charge in [-0.05, 0) is 37.8 Å². The van der Waals surface area contributed by atoms with Gasteiger partial charge in [-0.15, -0.1) is 0 Å². The third-order valence-electron chi connectivity index (χ3n) is 4.03. The zero-order valence-corrected chi connectivity index (χ0v) is 11.6. The topological polar surface area (TPSA) is 47.3 Å². The summed E-state index contributed by atoms with van der Waals surface area (Å²) >= 11 is 0. The summed E-state index contributed by atoms with van der Waals surface area (Å²) in [5.41, 5.74) is 6.91. The van der Waals surface area contributed by atoms with E-state index in [-0.39, 0.29) is 6.04 Å². The zero-order chi connectivity index (χ0) is 13.1. The Morgan fingerprint density at radius 2 is 2.22 bits per heavy atom. The van der Waals surface area contributed by atoms with Gasteiger partial charge in [-0.3, -0.25) is 11.3 Å². The van der Waals surface area contributed by atoms with Gasteiger partial charge in [-0.1, -0.05) is 30.7 Å². The second-order valence-corrected chi connectivity index (χ2v) is 5.27. The molecule has 0 saturated carbocycles. The molecule has 1 aliphatic heterocycles. The first-order valence-electron chi connectivity index (χ1n) is 6.82. The first-order valence-corrected chi connectivity index (χ1v) is 6.82. The van der Waals surface area contributed by atoms with Crippen molar-refractivity contribution in [3.63, 3.8) is 0 Å². The van der Waals surface area contributed by atoms with E-state index >= 15 is 0 Å². The third-order valence-corrected chi connectivity index (χ3v) is 4.03. The Balaban J connectivity index is 2.27. The predicted octanol–water partition coefficient (Wildman–Crippen LogP) is 2.62. The van der Waals surface area contributed by atoms with Gasteiger partial charge in [-0.2, -0.15) is 0 Å². The van der Waals surface area contributed by atoms with Gasteiger partial charge in [0.2, 0.25) is 0 Å². The van der Waals surface area contributed by atoms with E-state index in [1.807, 2.05) is 0 Å². The molecule has 1 saturated heterocycles. The highest BCUT2D eigenvalue weighted by Crippen LogP contribution is 2.35. The fraction of sp³-hybridized carbons (Fsp3) is 0.600. The molecule has 1 fully saturated rings. The molecule has 18 heavy (non-hydrogen) atoms. The van der Waals surface area contributed by atoms with Crippen molar-refractivity contribution in [1.29, 1.82) is 0 Å². The Kier molecular flexibility index (Phi) is 4.38. The van der Waals surface area contributed by atoms with Gasteiger partial charge in [-0.25, -0.2) is 0 Å². The lowest BCUT2D eigenvalue weighted by atomic mass is 9.85. The average Bonchev–Trinajstić information content (AvgIpc) is 2.81. The minimum absolute atomic E-state index is 0.193. The third kappa shape index (κ3) is 2.58. The number of aryl methyl sites for hydroxylation is 2. The van der Waals surface area contributed by atoms with Crippen LogP contribution in [0.3, 0.4) is 0 Å². The van der Waals surface area contributed by atoms with Crippen LogP contribution in [0.25, 0.3) is 0 Å². The highest BCUT2D eigenvalue weighted by molar-refractivity contribution is 5.33. The van der Waals surface area contributed by atoms with Gasteiger partial charge < -0.3 is 4.74 Å². The SMILES string of the molecule is CCC1OCCC1C(NN)c1ccc(C)cc1C. The Hall–Kier alpha value is -0.900. The molecule has 0 bridgehead atoms. The molecule has 0 aliphatic carbocycles. The molecule has 3 nitrogen and oxygen atoms in total. The van der Waals surface area contributed by atoms with Crippen molar-refractivity contribution in [3.8, 4) is 0 Å². The lowest BCUT2D eigenvalue weighted by Crippen LogP contribution is -2.37. The highest BCUT2D eigenvalue weighted by atomic mass is 16.5. The van der Waals surface area contributed by atoms with Gasteiger partial charge in [0.1, 0.15) is 0 Å². The quantitative estimate of drug-likeness (QED) is 0.636. The second kappa shape index (κ2) is 5.83. The van der Waals surface area contributed by atoms with E-state index in [2.05, 4.69) is 44.4 Å². The number of ether oxygens (including phenoxy) is 1. The first-order chi connectivity index (χ1) is 8.67. The molecule has 100 valence electrons. The Morgan fingerprint density at radius 3 is 2.83 bits per heavy atom. The average molecular weight is 248 g/mol. The van der Waals surface area contributed by atoms with Crippen LogP contribution < -0.4 is 11.3 Å². The van der Waals surface area contributed by atoms with Gasteiger partial charge in [0.15, 0.2) is 0 Å². The summed E-state index contributed by atoms with van der Waals surface area (Å²) in [7, 11) is 0. The van der Waals surface area contributed by atoms with Gasteiger partial charge in [0, 0.05) is 12.5 Å². The second-order valence-electron chi connectivity index (χ2n) is 5.27. The van der Waals surface area contributed by atoms with Crippen LogP contribution in [0.4, 0.5) is 0 Å². The van der Waals surface area contributed by atoms with Crippen molar-refractivity contribution in [2.24, 2.45) is 11.8 Å². The molecular weight excluding hydrogens is 224 g/mol. The summed E-state index contributed by atoms with van der Waals surface area (Å²) in [6.07, 6.45) is 2.46. The number of rotatable bonds is 4. The number of nitrogens with one attached hydrogen (secondary N) is 1. The number of hydrogen-bond acceptors (Lipinski definition) is 3. The maximum absolute atomic E-state index is 5.80. The van der Waals surface area contributed by atoms with E-state index in [9.17, 15) is 0 Å². The molecule has 0 aromatic heterocycles. The van der Waals surface area contributed by atoms with Crippen LogP contribution in [0.15, 0.2) is 18.2 Å². The Labute approximate surface area is 110 Å². The van der Waals surface area contributed by atoms with E-state index in [0.717, 1.165) is 19.4 Å². The van der Waals surface area contributed by atoms with Crippen LogP contribution in [-0.2, 0) is 4.74 Å². The molecule has 2 rings (SSSR count). The molecule has 0 amide bonds. The molecule has 3 heteroatoms. The number of nitrogens with two attached hydrogens (primary N) is 1. The van der Waals surface area contributed by atoms with Crippen molar-refractivity contribution < 1.29 is 4.74 Å². The van der Waals surface area contributed by atoms with Gasteiger partial charge in [0.25, 0.3) is 0 Å². The molecule has 1 aliphatic rings. The van der Waals surface area contributed by atoms with Crippen LogP contribution in [0.1, 0.15) is 42.5 Å². The van der Waals surface area contributed by atoms with Crippen molar-refractivity contribution in [2.45, 2.75) is 45.8 Å². The maximum Gasteiger partial charge on any atom is 0.0620 e. The lowest BCUT2D eigenvalue weighted by molar-refractivity contribution is 0.0773. The standard InChI is InChI=1S/C15H24N2O/c1-4-14-13(7-8-18-14)15(17-16)12-6-5-10(2)9-11(12)3/h5-6,9,13-15,17H,4,7-8,16H2,1-3H3. The molecule has 1 heterocycles. The van der Waals surface area contributed by atoms with Crippen molar-refractivity contribution in [1.82, 2.24) is 5.43 Å². The smallest absolute Gasteiger partial charge is 0.0620 e. The van der Waals surface area contributed by atoms with E-state index in [1.54, 1.807) is 0 Å². The summed E-state index contributed by atoms with van der Waals surface area (Å²) < 4.78 is 5.79. The minimum Gasteiger partial charge on any atom is -0.378 e. The summed E-state index contributed by atoms with van der Waals surface area (Å²) in [5.74, 6) is 6.28. The predicted molar refractivity (Wildman–Crippen MR) is 74.1 cm³/mol. The number of benzene rings is 1. The molecule has 3 N–H and O–H groups in total. The van der Waals surface area contributed by atoms with Crippen LogP contribution in [0, 0.1) is 19.8 Å². The van der Waals surface area contributed by atoms with E-state index in [0.29, 0.717) is 12.0 Å². The molecule has 3 atom stereocenters. The minimum atomic E-state index is 0.193. The summed E-state index contributed by atoms with van der Waals surface area (Å²) in [4.78, 5) is 0. The van der Waals surface area contributed by atoms with E-state index in [1.165, 1.54) is 16.7 Å². The first kappa shape index (κ1) is 13.5. The molecule has 3 unspecified atom stereocenters. The van der Waals surface area contributed by atoms with Crippen LogP contribution in [0.5, 0.6) is 0 Å². The van der Waals surface area contributed by atoms with Crippen molar-refractivity contribution in [3.05, 3.63) is 34.9 Å². The molecule has 1 aromatic carbocycles. The number of hydrazine groups is 1. The molecule has 0 radical (unpaired) electrons. The van der Waals surface area contributed by atoms with Crippen molar-refractivity contribution >= 4 is 0 Å². The lowest BCUT2D eigenvalue weighted by Gasteiger charge is -2.28. The maximum atomic E-state index is 5.80. The molecule has 1 aromatic rings. The Bertz CT molecular complexity index is 405. The van der Waals surface area contributed by atoms with Crippen LogP contribution in [-0.4, -0.2) is 12.7 Å². The summed E-state index contributed by atoms with van der Waals surface area (Å²) in [6.45, 7) is 7.31. The fourth-order valence-electron chi connectivity index (χ4n) is 3.09. The fourth-order valence-corrected chi connectivity index (χ4v) is 3.09. The van der Waals surface area contributed by atoms with Gasteiger partial charge in [0.05, 0.1) is 12.1 Å². The van der Waals surface area contributed by atoms with Gasteiger partial charge >= 0.3 is 0 Å². The van der Waals surface area contributed by atoms with Crippen LogP contribution >= 0.6 is 0 Å². The van der Waals surface area contributed by atoms with E-state index in [4.69, 9.17) is 10.6 Å². The summed E-state index contributed by atoms with van der Waals surface area (Å²) in [6, 6.07) is 6.76. The number of hydrogen-bond donors (Lipinski definition) is 2. The molecular formula is C15H24N2O. The highest BCUT2D eigenvalue weighted by Gasteiger charge is 2.34. The molecule has 0 spiro atoms. The van der Waals surface area contributed by atoms with Crippen molar-refractivity contribution in [2.75, 3.05) is 6.61 Å². The van der Waals surface area contributed by atoms with E-state index < -0.39 is 0 Å².